The van der Waals surface area contributed by atoms with Gasteiger partial charge < -0.3 is 14.6 Å². The standard InChI is InChI=1S/C14H20N2O3/c1-3-4-6-16-12-5-7-15(2)9-10(12)8-11(13(16)17)14(18)19/h8H,3-7,9H2,1-2H3,(H,18,19). The van der Waals surface area contributed by atoms with Crippen LogP contribution in [0.4, 0.5) is 0 Å². The van der Waals surface area contributed by atoms with Gasteiger partial charge in [0.1, 0.15) is 5.56 Å². The lowest BCUT2D eigenvalue weighted by atomic mass is 10.0. The molecular formula is C14H20N2O3. The molecule has 1 aromatic heterocycles. The highest BCUT2D eigenvalue weighted by Gasteiger charge is 2.22. The summed E-state index contributed by atoms with van der Waals surface area (Å²) in [5.74, 6) is -1.13. The molecule has 5 nitrogen and oxygen atoms in total. The van der Waals surface area contributed by atoms with Crippen LogP contribution < -0.4 is 5.56 Å². The summed E-state index contributed by atoms with van der Waals surface area (Å²) in [6.07, 6.45) is 2.69. The van der Waals surface area contributed by atoms with Crippen molar-refractivity contribution in [1.82, 2.24) is 9.47 Å². The number of hydrogen-bond acceptors (Lipinski definition) is 3. The number of unbranched alkanes of at least 4 members (excludes halogenated alkanes) is 1. The fourth-order valence-corrected chi connectivity index (χ4v) is 2.57. The Morgan fingerprint density at radius 3 is 2.84 bits per heavy atom. The first-order valence-electron chi connectivity index (χ1n) is 6.72. The van der Waals surface area contributed by atoms with Crippen LogP contribution in [0, 0.1) is 0 Å². The van der Waals surface area contributed by atoms with Crippen LogP contribution in [-0.4, -0.2) is 34.1 Å². The Morgan fingerprint density at radius 2 is 2.21 bits per heavy atom. The SMILES string of the molecule is CCCCn1c2c(cc(C(=O)O)c1=O)CN(C)CC2. The van der Waals surface area contributed by atoms with Gasteiger partial charge in [0, 0.05) is 31.7 Å². The maximum atomic E-state index is 12.2. The second-order valence-electron chi connectivity index (χ2n) is 5.13. The van der Waals surface area contributed by atoms with Gasteiger partial charge in [-0.1, -0.05) is 13.3 Å². The minimum absolute atomic E-state index is 0.106. The first kappa shape index (κ1) is 13.8. The molecule has 0 spiro atoms. The Kier molecular flexibility index (Phi) is 4.04. The van der Waals surface area contributed by atoms with Gasteiger partial charge in [0.05, 0.1) is 0 Å². The zero-order chi connectivity index (χ0) is 14.0. The molecule has 0 aromatic carbocycles. The molecule has 104 valence electrons. The summed E-state index contributed by atoms with van der Waals surface area (Å²) in [7, 11) is 2.00. The van der Waals surface area contributed by atoms with Crippen LogP contribution in [0.1, 0.15) is 41.4 Å². The van der Waals surface area contributed by atoms with Gasteiger partial charge in [0.2, 0.25) is 0 Å². The second-order valence-corrected chi connectivity index (χ2v) is 5.13. The van der Waals surface area contributed by atoms with E-state index in [1.807, 2.05) is 7.05 Å². The Labute approximate surface area is 112 Å². The van der Waals surface area contributed by atoms with Gasteiger partial charge in [-0.05, 0) is 25.1 Å². The third kappa shape index (κ3) is 2.71. The maximum Gasteiger partial charge on any atom is 0.341 e. The van der Waals surface area contributed by atoms with Gasteiger partial charge in [0.25, 0.3) is 5.56 Å². The number of likely N-dealkylation sites (N-methyl/N-ethyl adjacent to an activating group) is 1. The fraction of sp³-hybridized carbons (Fsp3) is 0.571. The number of aromatic nitrogens is 1. The predicted molar refractivity (Wildman–Crippen MR) is 72.6 cm³/mol. The molecule has 0 saturated heterocycles. The van der Waals surface area contributed by atoms with Gasteiger partial charge in [-0.2, -0.15) is 0 Å². The van der Waals surface area contributed by atoms with E-state index in [1.54, 1.807) is 10.6 Å². The normalized spacial score (nSPS) is 15.3. The molecule has 1 aromatic rings. The highest BCUT2D eigenvalue weighted by Crippen LogP contribution is 2.18. The van der Waals surface area contributed by atoms with Crippen molar-refractivity contribution >= 4 is 5.97 Å². The fourth-order valence-electron chi connectivity index (χ4n) is 2.57. The topological polar surface area (TPSA) is 62.5 Å². The van der Waals surface area contributed by atoms with E-state index in [-0.39, 0.29) is 11.1 Å². The Hall–Kier alpha value is -1.62. The van der Waals surface area contributed by atoms with E-state index in [0.29, 0.717) is 13.1 Å². The van der Waals surface area contributed by atoms with Crippen molar-refractivity contribution in [2.24, 2.45) is 0 Å². The van der Waals surface area contributed by atoms with Crippen LogP contribution in [0.25, 0.3) is 0 Å². The van der Waals surface area contributed by atoms with E-state index in [0.717, 1.165) is 37.1 Å². The summed E-state index contributed by atoms with van der Waals surface area (Å²) < 4.78 is 1.68. The molecule has 0 radical (unpaired) electrons. The van der Waals surface area contributed by atoms with Gasteiger partial charge in [-0.3, -0.25) is 4.79 Å². The molecule has 0 atom stereocenters. The largest absolute Gasteiger partial charge is 0.477 e. The number of nitrogens with zero attached hydrogens (tertiary/aromatic N) is 2. The van der Waals surface area contributed by atoms with E-state index in [1.165, 1.54) is 0 Å². The number of carboxylic acid groups (broad SMARTS) is 1. The summed E-state index contributed by atoms with van der Waals surface area (Å²) in [5, 5.41) is 9.16. The number of fused-ring (bicyclic) bond motifs is 1. The average molecular weight is 264 g/mol. The first-order valence-corrected chi connectivity index (χ1v) is 6.72. The lowest BCUT2D eigenvalue weighted by molar-refractivity contribution is 0.0693. The molecular weight excluding hydrogens is 244 g/mol. The van der Waals surface area contributed by atoms with E-state index in [4.69, 9.17) is 5.11 Å². The van der Waals surface area contributed by atoms with Crippen molar-refractivity contribution in [1.29, 1.82) is 0 Å². The minimum atomic E-state index is -1.13. The highest BCUT2D eigenvalue weighted by molar-refractivity contribution is 5.87. The molecule has 0 saturated carbocycles. The maximum absolute atomic E-state index is 12.2. The molecule has 0 unspecified atom stereocenters. The Morgan fingerprint density at radius 1 is 1.47 bits per heavy atom. The average Bonchev–Trinajstić information content (AvgIpc) is 2.37. The summed E-state index contributed by atoms with van der Waals surface area (Å²) >= 11 is 0. The minimum Gasteiger partial charge on any atom is -0.477 e. The van der Waals surface area contributed by atoms with E-state index >= 15 is 0 Å². The van der Waals surface area contributed by atoms with E-state index in [9.17, 15) is 9.59 Å². The molecule has 5 heteroatoms. The zero-order valence-corrected chi connectivity index (χ0v) is 11.5. The molecule has 0 amide bonds. The zero-order valence-electron chi connectivity index (χ0n) is 11.5. The molecule has 0 fully saturated rings. The van der Waals surface area contributed by atoms with Crippen LogP contribution >= 0.6 is 0 Å². The second kappa shape index (κ2) is 5.57. The summed E-state index contributed by atoms with van der Waals surface area (Å²) in [6, 6.07) is 1.55. The summed E-state index contributed by atoms with van der Waals surface area (Å²) in [4.78, 5) is 25.6. The number of pyridine rings is 1. The molecule has 0 bridgehead atoms. The third-order valence-electron chi connectivity index (χ3n) is 3.63. The highest BCUT2D eigenvalue weighted by atomic mass is 16.4. The number of carboxylic acids is 1. The molecule has 1 aliphatic heterocycles. The monoisotopic (exact) mass is 264 g/mol. The molecule has 2 rings (SSSR count). The number of aromatic carboxylic acids is 1. The number of hydrogen-bond donors (Lipinski definition) is 1. The third-order valence-corrected chi connectivity index (χ3v) is 3.63. The van der Waals surface area contributed by atoms with Crippen molar-refractivity contribution < 1.29 is 9.90 Å². The first-order chi connectivity index (χ1) is 9.04. The summed E-state index contributed by atoms with van der Waals surface area (Å²) in [5.41, 5.74) is 1.53. The molecule has 1 aliphatic rings. The van der Waals surface area contributed by atoms with Crippen LogP contribution in [0.3, 0.4) is 0 Å². The van der Waals surface area contributed by atoms with Crippen molar-refractivity contribution in [3.05, 3.63) is 33.2 Å². The van der Waals surface area contributed by atoms with Crippen molar-refractivity contribution in [3.8, 4) is 0 Å². The lowest BCUT2D eigenvalue weighted by Gasteiger charge is -2.27. The number of rotatable bonds is 4. The van der Waals surface area contributed by atoms with Gasteiger partial charge >= 0.3 is 5.97 Å². The number of carbonyl (C=O) groups is 1. The van der Waals surface area contributed by atoms with Gasteiger partial charge in [-0.15, -0.1) is 0 Å². The Bertz CT molecular complexity index is 548. The smallest absolute Gasteiger partial charge is 0.341 e. The van der Waals surface area contributed by atoms with Crippen LogP contribution in [0.5, 0.6) is 0 Å². The molecule has 1 N–H and O–H groups in total. The van der Waals surface area contributed by atoms with Gasteiger partial charge in [-0.25, -0.2) is 4.79 Å². The lowest BCUT2D eigenvalue weighted by Crippen LogP contribution is -2.36. The predicted octanol–water partition coefficient (Wildman–Crippen LogP) is 1.33. The van der Waals surface area contributed by atoms with Crippen molar-refractivity contribution in [2.75, 3.05) is 13.6 Å². The van der Waals surface area contributed by atoms with Gasteiger partial charge in [0.15, 0.2) is 0 Å². The van der Waals surface area contributed by atoms with Crippen molar-refractivity contribution in [3.63, 3.8) is 0 Å². The van der Waals surface area contributed by atoms with Crippen LogP contribution in [0.2, 0.25) is 0 Å². The Balaban J connectivity index is 2.55. The quantitative estimate of drug-likeness (QED) is 0.891. The molecule has 0 aliphatic carbocycles. The van der Waals surface area contributed by atoms with Crippen LogP contribution in [0.15, 0.2) is 10.9 Å². The van der Waals surface area contributed by atoms with Crippen molar-refractivity contribution in [2.45, 2.75) is 39.3 Å². The molecule has 2 heterocycles. The summed E-state index contributed by atoms with van der Waals surface area (Å²) in [6.45, 7) is 4.29. The molecule has 19 heavy (non-hydrogen) atoms. The van der Waals surface area contributed by atoms with Crippen LogP contribution in [-0.2, 0) is 19.5 Å². The van der Waals surface area contributed by atoms with E-state index < -0.39 is 5.97 Å². The van der Waals surface area contributed by atoms with E-state index in [2.05, 4.69) is 11.8 Å².